The van der Waals surface area contributed by atoms with Gasteiger partial charge < -0.3 is 10.2 Å². The Morgan fingerprint density at radius 2 is 1.89 bits per heavy atom. The molecule has 1 unspecified atom stereocenters. The van der Waals surface area contributed by atoms with Crippen LogP contribution in [0, 0.1) is 11.8 Å². The molecule has 2 amide bonds. The number of piperazine rings is 1. The van der Waals surface area contributed by atoms with E-state index >= 15 is 0 Å². The van der Waals surface area contributed by atoms with Crippen LogP contribution in [0.15, 0.2) is 0 Å². The fourth-order valence-corrected chi connectivity index (χ4v) is 2.28. The summed E-state index contributed by atoms with van der Waals surface area (Å²) in [6.45, 7) is 9.41. The summed E-state index contributed by atoms with van der Waals surface area (Å²) in [5.74, 6) is 1.12. The number of hydrogen-bond acceptors (Lipinski definition) is 2. The Morgan fingerprint density at radius 3 is 2.44 bits per heavy atom. The van der Waals surface area contributed by atoms with Crippen LogP contribution in [-0.2, 0) is 9.59 Å². The van der Waals surface area contributed by atoms with E-state index in [-0.39, 0.29) is 24.4 Å². The minimum atomic E-state index is -0.315. The lowest BCUT2D eigenvalue weighted by Crippen LogP contribution is -2.58. The maximum atomic E-state index is 12.2. The third kappa shape index (κ3) is 4.67. The highest BCUT2D eigenvalue weighted by atomic mass is 16.2. The molecule has 104 valence electrons. The third-order valence-corrected chi connectivity index (χ3v) is 3.20. The van der Waals surface area contributed by atoms with Crippen LogP contribution in [0.1, 0.15) is 47.0 Å². The second kappa shape index (κ2) is 6.76. The van der Waals surface area contributed by atoms with E-state index in [1.54, 1.807) is 4.90 Å². The molecule has 0 aromatic carbocycles. The van der Waals surface area contributed by atoms with Crippen LogP contribution < -0.4 is 5.32 Å². The van der Waals surface area contributed by atoms with Gasteiger partial charge in [-0.05, 0) is 31.1 Å². The molecule has 0 radical (unpaired) electrons. The molecule has 1 rings (SSSR count). The van der Waals surface area contributed by atoms with Gasteiger partial charge in [-0.15, -0.1) is 0 Å². The fourth-order valence-electron chi connectivity index (χ4n) is 2.28. The van der Waals surface area contributed by atoms with Gasteiger partial charge in [0, 0.05) is 6.54 Å². The lowest BCUT2D eigenvalue weighted by atomic mass is 10.0. The maximum absolute atomic E-state index is 12.2. The number of nitrogens with zero attached hydrogens (tertiary/aromatic N) is 1. The normalized spacial score (nSPS) is 20.8. The van der Waals surface area contributed by atoms with Gasteiger partial charge in [-0.1, -0.05) is 27.7 Å². The Kier molecular flexibility index (Phi) is 5.63. The lowest BCUT2D eigenvalue weighted by molar-refractivity contribution is -0.144. The van der Waals surface area contributed by atoms with Gasteiger partial charge in [0.2, 0.25) is 11.8 Å². The van der Waals surface area contributed by atoms with Crippen LogP contribution in [0.2, 0.25) is 0 Å². The first-order valence-electron chi connectivity index (χ1n) is 6.98. The molecule has 18 heavy (non-hydrogen) atoms. The van der Waals surface area contributed by atoms with Crippen molar-refractivity contribution in [3.63, 3.8) is 0 Å². The molecule has 0 saturated carbocycles. The number of rotatable bonds is 6. The Hall–Kier alpha value is -1.06. The van der Waals surface area contributed by atoms with Gasteiger partial charge in [0.05, 0.1) is 6.54 Å². The molecule has 1 heterocycles. The monoisotopic (exact) mass is 254 g/mol. The van der Waals surface area contributed by atoms with E-state index in [4.69, 9.17) is 0 Å². The minimum Gasteiger partial charge on any atom is -0.343 e. The van der Waals surface area contributed by atoms with Crippen LogP contribution >= 0.6 is 0 Å². The first-order valence-corrected chi connectivity index (χ1v) is 6.98. The quantitative estimate of drug-likeness (QED) is 0.785. The third-order valence-electron chi connectivity index (χ3n) is 3.20. The number of hydrogen-bond donors (Lipinski definition) is 1. The summed E-state index contributed by atoms with van der Waals surface area (Å²) in [7, 11) is 0. The Balaban J connectivity index is 2.51. The molecule has 4 heteroatoms. The summed E-state index contributed by atoms with van der Waals surface area (Å²) in [6.07, 6.45) is 2.80. The molecule has 0 aliphatic carbocycles. The smallest absolute Gasteiger partial charge is 0.245 e. The minimum absolute atomic E-state index is 0.0233. The van der Waals surface area contributed by atoms with E-state index < -0.39 is 0 Å². The van der Waals surface area contributed by atoms with Crippen molar-refractivity contribution in [3.8, 4) is 0 Å². The van der Waals surface area contributed by atoms with Crippen molar-refractivity contribution in [2.45, 2.75) is 53.0 Å². The van der Waals surface area contributed by atoms with Crippen LogP contribution in [0.4, 0.5) is 0 Å². The fraction of sp³-hybridized carbons (Fsp3) is 0.857. The Bertz CT molecular complexity index is 300. The van der Waals surface area contributed by atoms with Gasteiger partial charge in [0.15, 0.2) is 0 Å². The van der Waals surface area contributed by atoms with Crippen molar-refractivity contribution in [1.29, 1.82) is 0 Å². The second-order valence-electron chi connectivity index (χ2n) is 6.05. The zero-order chi connectivity index (χ0) is 13.7. The van der Waals surface area contributed by atoms with Crippen molar-refractivity contribution in [3.05, 3.63) is 0 Å². The average Bonchev–Trinajstić information content (AvgIpc) is 2.23. The Labute approximate surface area is 110 Å². The molecule has 1 aliphatic rings. The van der Waals surface area contributed by atoms with Gasteiger partial charge in [-0.25, -0.2) is 0 Å². The topological polar surface area (TPSA) is 49.4 Å². The summed E-state index contributed by atoms with van der Waals surface area (Å²) in [5, 5.41) is 2.80. The number of amides is 2. The molecular weight excluding hydrogens is 228 g/mol. The van der Waals surface area contributed by atoms with Crippen LogP contribution in [0.5, 0.6) is 0 Å². The highest BCUT2D eigenvalue weighted by Crippen LogP contribution is 2.13. The van der Waals surface area contributed by atoms with E-state index in [1.165, 1.54) is 0 Å². The highest BCUT2D eigenvalue weighted by Gasteiger charge is 2.32. The van der Waals surface area contributed by atoms with Crippen LogP contribution in [-0.4, -0.2) is 35.8 Å². The molecule has 0 spiro atoms. The summed E-state index contributed by atoms with van der Waals surface area (Å²) in [4.78, 5) is 25.5. The Morgan fingerprint density at radius 1 is 1.22 bits per heavy atom. The molecule has 1 aliphatic heterocycles. The molecule has 1 atom stereocenters. The van der Waals surface area contributed by atoms with E-state index in [0.29, 0.717) is 18.4 Å². The predicted molar refractivity (Wildman–Crippen MR) is 72.0 cm³/mol. The molecule has 1 fully saturated rings. The zero-order valence-electron chi connectivity index (χ0n) is 12.0. The van der Waals surface area contributed by atoms with Crippen molar-refractivity contribution in [1.82, 2.24) is 10.2 Å². The van der Waals surface area contributed by atoms with Crippen LogP contribution in [0.25, 0.3) is 0 Å². The van der Waals surface area contributed by atoms with Gasteiger partial charge >= 0.3 is 0 Å². The molecule has 0 bridgehead atoms. The van der Waals surface area contributed by atoms with Crippen LogP contribution in [0.3, 0.4) is 0 Å². The van der Waals surface area contributed by atoms with Crippen molar-refractivity contribution < 1.29 is 9.59 Å². The van der Waals surface area contributed by atoms with E-state index in [9.17, 15) is 9.59 Å². The number of nitrogens with one attached hydrogen (secondary N) is 1. The first kappa shape index (κ1) is 15.0. The molecule has 1 saturated heterocycles. The van der Waals surface area contributed by atoms with E-state index in [1.807, 2.05) is 0 Å². The largest absolute Gasteiger partial charge is 0.343 e. The number of carbonyl (C=O) groups is 2. The first-order chi connectivity index (χ1) is 8.40. The second-order valence-corrected chi connectivity index (χ2v) is 6.05. The molecule has 4 nitrogen and oxygen atoms in total. The van der Waals surface area contributed by atoms with Gasteiger partial charge in [0.25, 0.3) is 0 Å². The summed E-state index contributed by atoms with van der Waals surface area (Å²) >= 11 is 0. The predicted octanol–water partition coefficient (Wildman–Crippen LogP) is 1.80. The zero-order valence-corrected chi connectivity index (χ0v) is 12.0. The summed E-state index contributed by atoms with van der Waals surface area (Å²) in [6, 6.07) is -0.315. The lowest BCUT2D eigenvalue weighted by Gasteiger charge is -2.33. The average molecular weight is 254 g/mol. The van der Waals surface area contributed by atoms with Crippen molar-refractivity contribution >= 4 is 11.8 Å². The molecule has 0 aromatic heterocycles. The SMILES string of the molecule is CC(C)CCCN1CC(=O)NC(CC(C)C)C1=O. The standard InChI is InChI=1S/C14H26N2O2/c1-10(2)6-5-7-16-9-13(17)15-12(14(16)18)8-11(3)4/h10-12H,5-9H2,1-4H3,(H,15,17). The molecule has 1 N–H and O–H groups in total. The van der Waals surface area contributed by atoms with E-state index in [2.05, 4.69) is 33.0 Å². The van der Waals surface area contributed by atoms with E-state index in [0.717, 1.165) is 19.3 Å². The summed E-state index contributed by atoms with van der Waals surface area (Å²) in [5.41, 5.74) is 0. The highest BCUT2D eigenvalue weighted by molar-refractivity contribution is 5.94. The van der Waals surface area contributed by atoms with Gasteiger partial charge in [-0.3, -0.25) is 9.59 Å². The van der Waals surface area contributed by atoms with Gasteiger partial charge in [-0.2, -0.15) is 0 Å². The van der Waals surface area contributed by atoms with Gasteiger partial charge in [0.1, 0.15) is 6.04 Å². The molecular formula is C14H26N2O2. The van der Waals surface area contributed by atoms with Crippen molar-refractivity contribution in [2.24, 2.45) is 11.8 Å². The summed E-state index contributed by atoms with van der Waals surface area (Å²) < 4.78 is 0. The van der Waals surface area contributed by atoms with Crippen molar-refractivity contribution in [2.75, 3.05) is 13.1 Å². The molecule has 0 aromatic rings. The maximum Gasteiger partial charge on any atom is 0.245 e. The number of carbonyl (C=O) groups excluding carboxylic acids is 2.